The Morgan fingerprint density at radius 2 is 1.05 bits per heavy atom. The topological polar surface area (TPSA) is 60.7 Å². The molecule has 0 spiro atoms. The van der Waals surface area contributed by atoms with Crippen molar-refractivity contribution in [2.24, 2.45) is 0 Å². The second-order valence-electron chi connectivity index (χ2n) is 4.27. The van der Waals surface area contributed by atoms with Crippen LogP contribution in [0.4, 0.5) is 0 Å². The fraction of sp³-hybridized carbons (Fsp3) is 0.294. The van der Waals surface area contributed by atoms with Gasteiger partial charge in [-0.25, -0.2) is 0 Å². The van der Waals surface area contributed by atoms with E-state index in [4.69, 9.17) is 15.3 Å². The summed E-state index contributed by atoms with van der Waals surface area (Å²) in [6, 6.07) is 13.9. The highest BCUT2D eigenvalue weighted by molar-refractivity contribution is 5.39. The van der Waals surface area contributed by atoms with E-state index >= 15 is 0 Å². The Morgan fingerprint density at radius 1 is 0.700 bits per heavy atom. The molecule has 0 unspecified atom stereocenters. The Bertz CT molecular complexity index is 428. The van der Waals surface area contributed by atoms with Crippen molar-refractivity contribution in [2.75, 3.05) is 0 Å². The lowest BCUT2D eigenvalue weighted by Crippen LogP contribution is -1.83. The smallest absolute Gasteiger partial charge is 0.122 e. The van der Waals surface area contributed by atoms with Gasteiger partial charge < -0.3 is 15.3 Å². The zero-order valence-electron chi connectivity index (χ0n) is 12.5. The van der Waals surface area contributed by atoms with Crippen LogP contribution in [0.3, 0.4) is 0 Å². The maximum atomic E-state index is 8.67. The lowest BCUT2D eigenvalue weighted by atomic mass is 10.0. The van der Waals surface area contributed by atoms with Crippen LogP contribution in [-0.2, 0) is 0 Å². The van der Waals surface area contributed by atoms with Gasteiger partial charge in [0.05, 0.1) is 0 Å². The number of benzene rings is 2. The fourth-order valence-corrected chi connectivity index (χ4v) is 1.42. The summed E-state index contributed by atoms with van der Waals surface area (Å²) in [4.78, 5) is 0. The summed E-state index contributed by atoms with van der Waals surface area (Å²) < 4.78 is 0. The molecule has 0 atom stereocenters. The van der Waals surface area contributed by atoms with Gasteiger partial charge in [0.1, 0.15) is 17.2 Å². The first-order valence-electron chi connectivity index (χ1n) is 6.76. The highest BCUT2D eigenvalue weighted by Gasteiger charge is 1.94. The lowest BCUT2D eigenvalue weighted by molar-refractivity contribution is 0.428. The monoisotopic (exact) mass is 276 g/mol. The highest BCUT2D eigenvalue weighted by Crippen LogP contribution is 2.23. The van der Waals surface area contributed by atoms with E-state index in [1.165, 1.54) is 5.56 Å². The number of rotatable bonds is 1. The molecule has 0 fully saturated rings. The molecule has 0 aliphatic rings. The van der Waals surface area contributed by atoms with E-state index < -0.39 is 0 Å². The van der Waals surface area contributed by atoms with Crippen molar-refractivity contribution in [1.82, 2.24) is 0 Å². The Morgan fingerprint density at radius 3 is 1.30 bits per heavy atom. The van der Waals surface area contributed by atoms with Crippen LogP contribution < -0.4 is 0 Å². The third-order valence-corrected chi connectivity index (χ3v) is 2.35. The minimum absolute atomic E-state index is 0.146. The van der Waals surface area contributed by atoms with Crippen LogP contribution in [0.1, 0.15) is 39.2 Å². The van der Waals surface area contributed by atoms with E-state index in [1.807, 2.05) is 19.9 Å². The molecule has 0 heterocycles. The molecule has 0 bridgehead atoms. The van der Waals surface area contributed by atoms with Crippen molar-refractivity contribution >= 4 is 0 Å². The van der Waals surface area contributed by atoms with Gasteiger partial charge in [-0.05, 0) is 11.5 Å². The maximum absolute atomic E-state index is 8.67. The summed E-state index contributed by atoms with van der Waals surface area (Å²) in [5.41, 5.74) is 1.41. The van der Waals surface area contributed by atoms with Crippen molar-refractivity contribution in [3.05, 3.63) is 54.1 Å². The van der Waals surface area contributed by atoms with Crippen molar-refractivity contribution in [1.29, 1.82) is 0 Å². The molecule has 0 aliphatic heterocycles. The molecule has 110 valence electrons. The summed E-state index contributed by atoms with van der Waals surface area (Å²) in [5, 5.41) is 26.0. The number of hydrogen-bond donors (Lipinski definition) is 3. The highest BCUT2D eigenvalue weighted by atomic mass is 16.3. The SMILES string of the molecule is CC.CC(C)c1ccccc1.Oc1cc(O)cc(O)c1. The average molecular weight is 276 g/mol. The molecule has 0 aliphatic carbocycles. The predicted octanol–water partition coefficient (Wildman–Crippen LogP) is 4.64. The molecular formula is C17H24O3. The van der Waals surface area contributed by atoms with E-state index in [0.29, 0.717) is 5.92 Å². The van der Waals surface area contributed by atoms with Crippen LogP contribution in [0.15, 0.2) is 48.5 Å². The van der Waals surface area contributed by atoms with Crippen molar-refractivity contribution in [3.8, 4) is 17.2 Å². The summed E-state index contributed by atoms with van der Waals surface area (Å²) in [5.74, 6) is 0.221. The standard InChI is InChI=1S/C9H12.C6H6O3.C2H6/c1-8(2)9-6-4-3-5-7-9;7-4-1-5(8)3-6(9)2-4;1-2/h3-8H,1-2H3;1-3,7-9H;1-2H3. The fourth-order valence-electron chi connectivity index (χ4n) is 1.42. The number of hydrogen-bond acceptors (Lipinski definition) is 3. The Kier molecular flexibility index (Phi) is 8.68. The first-order valence-corrected chi connectivity index (χ1v) is 6.76. The number of aromatic hydroxyl groups is 3. The summed E-state index contributed by atoms with van der Waals surface area (Å²) in [6.45, 7) is 8.41. The number of phenols is 3. The maximum Gasteiger partial charge on any atom is 0.122 e. The van der Waals surface area contributed by atoms with Gasteiger partial charge in [0, 0.05) is 18.2 Å². The van der Waals surface area contributed by atoms with Gasteiger partial charge in [0.15, 0.2) is 0 Å². The molecular weight excluding hydrogens is 252 g/mol. The molecule has 0 amide bonds. The second kappa shape index (κ2) is 9.73. The summed E-state index contributed by atoms with van der Waals surface area (Å²) in [6.07, 6.45) is 0. The van der Waals surface area contributed by atoms with Crippen LogP contribution in [0.2, 0.25) is 0 Å². The third kappa shape index (κ3) is 7.31. The average Bonchev–Trinajstić information content (AvgIpc) is 2.41. The van der Waals surface area contributed by atoms with Crippen molar-refractivity contribution in [2.45, 2.75) is 33.6 Å². The Balaban J connectivity index is 0.000000321. The molecule has 0 aromatic heterocycles. The van der Waals surface area contributed by atoms with E-state index in [0.717, 1.165) is 18.2 Å². The normalized spacial score (nSPS) is 9.05. The Labute approximate surface area is 121 Å². The summed E-state index contributed by atoms with van der Waals surface area (Å²) in [7, 11) is 0. The van der Waals surface area contributed by atoms with Gasteiger partial charge in [-0.3, -0.25) is 0 Å². The lowest BCUT2D eigenvalue weighted by Gasteiger charge is -2.01. The van der Waals surface area contributed by atoms with Gasteiger partial charge in [-0.2, -0.15) is 0 Å². The van der Waals surface area contributed by atoms with Crippen molar-refractivity contribution in [3.63, 3.8) is 0 Å². The predicted molar refractivity (Wildman–Crippen MR) is 83.3 cm³/mol. The van der Waals surface area contributed by atoms with Crippen LogP contribution >= 0.6 is 0 Å². The number of phenolic OH excluding ortho intramolecular Hbond substituents is 3. The molecule has 0 radical (unpaired) electrons. The second-order valence-corrected chi connectivity index (χ2v) is 4.27. The van der Waals surface area contributed by atoms with E-state index in [1.54, 1.807) is 0 Å². The molecule has 3 N–H and O–H groups in total. The van der Waals surface area contributed by atoms with Gasteiger partial charge in [0.2, 0.25) is 0 Å². The minimum atomic E-state index is -0.146. The van der Waals surface area contributed by atoms with Gasteiger partial charge in [0.25, 0.3) is 0 Å². The van der Waals surface area contributed by atoms with Gasteiger partial charge >= 0.3 is 0 Å². The van der Waals surface area contributed by atoms with Crippen molar-refractivity contribution < 1.29 is 15.3 Å². The van der Waals surface area contributed by atoms with Gasteiger partial charge in [-0.1, -0.05) is 58.0 Å². The first-order chi connectivity index (χ1) is 9.49. The molecule has 2 aromatic rings. The van der Waals surface area contributed by atoms with Crippen LogP contribution in [0.5, 0.6) is 17.2 Å². The van der Waals surface area contributed by atoms with E-state index in [-0.39, 0.29) is 17.2 Å². The quantitative estimate of drug-likeness (QED) is 0.711. The van der Waals surface area contributed by atoms with E-state index in [9.17, 15) is 0 Å². The van der Waals surface area contributed by atoms with Crippen LogP contribution in [-0.4, -0.2) is 15.3 Å². The molecule has 0 saturated heterocycles. The molecule has 2 rings (SSSR count). The zero-order valence-corrected chi connectivity index (χ0v) is 12.5. The third-order valence-electron chi connectivity index (χ3n) is 2.35. The minimum Gasteiger partial charge on any atom is -0.508 e. The summed E-state index contributed by atoms with van der Waals surface area (Å²) >= 11 is 0. The van der Waals surface area contributed by atoms with Gasteiger partial charge in [-0.15, -0.1) is 0 Å². The first kappa shape index (κ1) is 17.8. The molecule has 20 heavy (non-hydrogen) atoms. The largest absolute Gasteiger partial charge is 0.508 e. The molecule has 3 heteroatoms. The molecule has 0 saturated carbocycles. The molecule has 3 nitrogen and oxygen atoms in total. The Hall–Kier alpha value is -2.16. The van der Waals surface area contributed by atoms with E-state index in [2.05, 4.69) is 38.1 Å². The van der Waals surface area contributed by atoms with Crippen LogP contribution in [0, 0.1) is 0 Å². The van der Waals surface area contributed by atoms with Crippen LogP contribution in [0.25, 0.3) is 0 Å². The molecule has 2 aromatic carbocycles. The zero-order chi connectivity index (χ0) is 15.5.